The molecular formula is C11H18Br2OTe. The molecule has 0 amide bonds. The average Bonchev–Trinajstić information content (AvgIpc) is 2.26. The van der Waals surface area contributed by atoms with E-state index in [0.717, 1.165) is 24.7 Å². The molecule has 0 fully saturated rings. The van der Waals surface area contributed by atoms with Gasteiger partial charge >= 0.3 is 109 Å². The Morgan fingerprint density at radius 3 is 2.60 bits per heavy atom. The second-order valence-corrected chi connectivity index (χ2v) is 30.4. The summed E-state index contributed by atoms with van der Waals surface area (Å²) in [7, 11) is 0. The number of aldehydes is 1. The number of allylic oxidation sites excluding steroid dienone is 2. The predicted molar refractivity (Wildman–Crippen MR) is 74.9 cm³/mol. The van der Waals surface area contributed by atoms with Gasteiger partial charge in [0.1, 0.15) is 0 Å². The molecule has 15 heavy (non-hydrogen) atoms. The van der Waals surface area contributed by atoms with Crippen molar-refractivity contribution in [3.05, 3.63) is 9.19 Å². The molecule has 0 saturated heterocycles. The van der Waals surface area contributed by atoms with Gasteiger partial charge in [-0.05, 0) is 0 Å². The predicted octanol–water partition coefficient (Wildman–Crippen LogP) is 4.63. The van der Waals surface area contributed by atoms with Gasteiger partial charge in [-0.15, -0.1) is 0 Å². The SMILES string of the molecule is CCCC[Te](Br)(Br)C1=C(C=O)CCCC1. The van der Waals surface area contributed by atoms with Gasteiger partial charge in [0.05, 0.1) is 0 Å². The summed E-state index contributed by atoms with van der Waals surface area (Å²) in [4.78, 5) is 11.0. The Balaban J connectivity index is 2.81. The summed E-state index contributed by atoms with van der Waals surface area (Å²) in [6.07, 6.45) is 8.14. The number of unbranched alkanes of at least 4 members (excludes halogenated alkanes) is 1. The van der Waals surface area contributed by atoms with E-state index in [4.69, 9.17) is 0 Å². The molecule has 0 heterocycles. The molecule has 0 unspecified atom stereocenters. The summed E-state index contributed by atoms with van der Waals surface area (Å²) in [5, 5.41) is 0. The van der Waals surface area contributed by atoms with E-state index in [-0.39, 0.29) is 0 Å². The molecule has 0 spiro atoms. The summed E-state index contributed by atoms with van der Waals surface area (Å²) < 4.78 is 2.71. The molecule has 0 atom stereocenters. The van der Waals surface area contributed by atoms with Crippen molar-refractivity contribution in [3.63, 3.8) is 0 Å². The Morgan fingerprint density at radius 1 is 1.33 bits per heavy atom. The first-order valence-corrected chi connectivity index (χ1v) is 18.8. The van der Waals surface area contributed by atoms with Gasteiger partial charge in [-0.2, -0.15) is 0 Å². The van der Waals surface area contributed by atoms with Crippen molar-refractivity contribution < 1.29 is 4.79 Å². The van der Waals surface area contributed by atoms with E-state index in [2.05, 4.69) is 32.4 Å². The summed E-state index contributed by atoms with van der Waals surface area (Å²) >= 11 is 5.64. The van der Waals surface area contributed by atoms with E-state index >= 15 is 0 Å². The van der Waals surface area contributed by atoms with Crippen molar-refractivity contribution in [2.75, 3.05) is 0 Å². The van der Waals surface area contributed by atoms with Crippen LogP contribution in [-0.4, -0.2) is 20.1 Å². The molecule has 0 saturated carbocycles. The molecule has 1 nitrogen and oxygen atoms in total. The van der Waals surface area contributed by atoms with Crippen LogP contribution in [0.25, 0.3) is 0 Å². The quantitative estimate of drug-likeness (QED) is 0.438. The third-order valence-corrected chi connectivity index (χ3v) is 18.0. The van der Waals surface area contributed by atoms with Gasteiger partial charge in [0, 0.05) is 0 Å². The first-order valence-electron chi connectivity index (χ1n) is 5.49. The van der Waals surface area contributed by atoms with Crippen molar-refractivity contribution in [1.82, 2.24) is 0 Å². The van der Waals surface area contributed by atoms with Crippen LogP contribution in [0.15, 0.2) is 9.19 Å². The molecule has 0 radical (unpaired) electrons. The van der Waals surface area contributed by atoms with Crippen molar-refractivity contribution in [2.45, 2.75) is 49.9 Å². The Morgan fingerprint density at radius 2 is 2.00 bits per heavy atom. The van der Waals surface area contributed by atoms with Crippen LogP contribution in [0.4, 0.5) is 0 Å². The van der Waals surface area contributed by atoms with E-state index in [1.54, 1.807) is 0 Å². The second-order valence-electron chi connectivity index (χ2n) is 3.91. The molecule has 1 aliphatic carbocycles. The van der Waals surface area contributed by atoms with Crippen molar-refractivity contribution in [2.24, 2.45) is 0 Å². The van der Waals surface area contributed by atoms with Gasteiger partial charge in [0.2, 0.25) is 0 Å². The molecule has 4 heteroatoms. The van der Waals surface area contributed by atoms with E-state index in [0.29, 0.717) is 0 Å². The molecule has 1 rings (SSSR count). The van der Waals surface area contributed by atoms with Gasteiger partial charge < -0.3 is 0 Å². The third kappa shape index (κ3) is 4.15. The molecule has 0 bridgehead atoms. The Kier molecular flexibility index (Phi) is 6.44. The normalized spacial score (nSPS) is 19.1. The molecular weight excluding hydrogens is 436 g/mol. The van der Waals surface area contributed by atoms with Crippen molar-refractivity contribution in [3.8, 4) is 0 Å². The van der Waals surface area contributed by atoms with Gasteiger partial charge in [0.25, 0.3) is 0 Å². The van der Waals surface area contributed by atoms with Crippen molar-refractivity contribution >= 4 is 45.6 Å². The number of carbonyl (C=O) groups is 1. The van der Waals surface area contributed by atoms with Crippen LogP contribution in [0.1, 0.15) is 45.4 Å². The third-order valence-electron chi connectivity index (χ3n) is 2.72. The summed E-state index contributed by atoms with van der Waals surface area (Å²) in [6, 6.07) is 0. The van der Waals surface area contributed by atoms with Crippen molar-refractivity contribution in [1.29, 1.82) is 0 Å². The van der Waals surface area contributed by atoms with E-state index in [1.807, 2.05) is 0 Å². The maximum atomic E-state index is 11.0. The standard InChI is InChI=1S/C11H18Br2OTe/c1-2-3-8-15(12,13)11-7-5-4-6-10(11)9-14/h9H,2-8H2,1H3. The molecule has 0 aromatic rings. The first kappa shape index (κ1) is 14.2. The minimum atomic E-state index is -2.19. The van der Waals surface area contributed by atoms with Crippen LogP contribution in [0.5, 0.6) is 0 Å². The molecule has 1 aliphatic rings. The molecule has 0 N–H and O–H groups in total. The maximum absolute atomic E-state index is 11.0. The molecule has 88 valence electrons. The van der Waals surface area contributed by atoms with E-state index in [9.17, 15) is 4.79 Å². The summed E-state index contributed by atoms with van der Waals surface area (Å²) in [5.74, 6) is 0. The van der Waals surface area contributed by atoms with Gasteiger partial charge in [0.15, 0.2) is 0 Å². The van der Waals surface area contributed by atoms with Gasteiger partial charge in [-0.25, -0.2) is 0 Å². The molecule has 0 aliphatic heterocycles. The molecule has 0 aromatic carbocycles. The molecule has 0 aromatic heterocycles. The number of hydrogen-bond donors (Lipinski definition) is 0. The fourth-order valence-corrected chi connectivity index (χ4v) is 15.2. The Hall–Kier alpha value is 1.16. The average molecular weight is 454 g/mol. The van der Waals surface area contributed by atoms with Crippen LogP contribution in [0.2, 0.25) is 4.47 Å². The zero-order chi connectivity index (χ0) is 11.3. The van der Waals surface area contributed by atoms with E-state index in [1.165, 1.54) is 33.8 Å². The first-order chi connectivity index (χ1) is 7.11. The Bertz CT molecular complexity index is 261. The van der Waals surface area contributed by atoms with Gasteiger partial charge in [-0.3, -0.25) is 0 Å². The number of hydrogen-bond acceptors (Lipinski definition) is 1. The summed E-state index contributed by atoms with van der Waals surface area (Å²) in [5.41, 5.74) is 1.09. The number of halogens is 2. The monoisotopic (exact) mass is 454 g/mol. The Labute approximate surface area is 108 Å². The van der Waals surface area contributed by atoms with Crippen LogP contribution in [0.3, 0.4) is 0 Å². The van der Waals surface area contributed by atoms with Crippen LogP contribution >= 0.6 is 25.5 Å². The topological polar surface area (TPSA) is 17.1 Å². The second kappa shape index (κ2) is 6.79. The summed E-state index contributed by atoms with van der Waals surface area (Å²) in [6.45, 7) is 2.22. The zero-order valence-electron chi connectivity index (χ0n) is 9.10. The minimum absolute atomic E-state index is 0.996. The number of rotatable bonds is 5. The van der Waals surface area contributed by atoms with Crippen LogP contribution < -0.4 is 0 Å². The van der Waals surface area contributed by atoms with Gasteiger partial charge in [-0.1, -0.05) is 0 Å². The fraction of sp³-hybridized carbons (Fsp3) is 0.727. The fourth-order valence-electron chi connectivity index (χ4n) is 1.82. The van der Waals surface area contributed by atoms with E-state index < -0.39 is 13.8 Å². The zero-order valence-corrected chi connectivity index (χ0v) is 14.6. The number of carbonyl (C=O) groups excluding carboxylic acids is 1. The van der Waals surface area contributed by atoms with Crippen LogP contribution in [-0.2, 0) is 4.79 Å². The van der Waals surface area contributed by atoms with Crippen LogP contribution in [0, 0.1) is 0 Å².